The third-order valence-electron chi connectivity index (χ3n) is 3.35. The van der Waals surface area contributed by atoms with Crippen LogP contribution in [0.4, 0.5) is 0 Å². The van der Waals surface area contributed by atoms with Gasteiger partial charge in [0.1, 0.15) is 5.75 Å². The molecule has 0 saturated carbocycles. The first-order chi connectivity index (χ1) is 12.1. The number of ether oxygens (including phenoxy) is 1. The summed E-state index contributed by atoms with van der Waals surface area (Å²) in [6.07, 6.45) is 3.18. The van der Waals surface area contributed by atoms with Crippen LogP contribution in [-0.2, 0) is 4.79 Å². The third-order valence-corrected chi connectivity index (χ3v) is 3.35. The van der Waals surface area contributed by atoms with E-state index in [1.807, 2.05) is 13.0 Å². The van der Waals surface area contributed by atoms with Gasteiger partial charge in [0.25, 0.3) is 5.91 Å². The van der Waals surface area contributed by atoms with E-state index in [1.165, 1.54) is 6.08 Å². The summed E-state index contributed by atoms with van der Waals surface area (Å²) in [6.45, 7) is 2.39. The van der Waals surface area contributed by atoms with Crippen molar-refractivity contribution in [2.24, 2.45) is 0 Å². The van der Waals surface area contributed by atoms with E-state index in [0.717, 1.165) is 5.56 Å². The summed E-state index contributed by atoms with van der Waals surface area (Å²) in [7, 11) is 0. The highest BCUT2D eigenvalue weighted by Crippen LogP contribution is 2.14. The van der Waals surface area contributed by atoms with Gasteiger partial charge in [0.15, 0.2) is 12.4 Å². The van der Waals surface area contributed by atoms with Crippen molar-refractivity contribution in [3.8, 4) is 11.8 Å². The van der Waals surface area contributed by atoms with Gasteiger partial charge >= 0.3 is 0 Å². The van der Waals surface area contributed by atoms with Gasteiger partial charge in [-0.3, -0.25) is 9.59 Å². The Kier molecular flexibility index (Phi) is 6.49. The summed E-state index contributed by atoms with van der Waals surface area (Å²) < 4.78 is 5.36. The zero-order chi connectivity index (χ0) is 18.1. The van der Waals surface area contributed by atoms with Gasteiger partial charge in [-0.15, -0.1) is 0 Å². The molecule has 0 atom stereocenters. The summed E-state index contributed by atoms with van der Waals surface area (Å²) >= 11 is 0. The SMILES string of the molecule is CCNC(=O)COc1ccc(/C=C/C(=O)c2ccc(C#N)cc2)cc1. The number of nitrogens with zero attached hydrogens (tertiary/aromatic N) is 1. The maximum absolute atomic E-state index is 12.1. The zero-order valence-electron chi connectivity index (χ0n) is 13.9. The first-order valence-electron chi connectivity index (χ1n) is 7.84. The molecule has 5 heteroatoms. The molecule has 0 aliphatic heterocycles. The molecule has 5 nitrogen and oxygen atoms in total. The average Bonchev–Trinajstić information content (AvgIpc) is 2.65. The Labute approximate surface area is 146 Å². The summed E-state index contributed by atoms with van der Waals surface area (Å²) in [4.78, 5) is 23.4. The maximum Gasteiger partial charge on any atom is 0.257 e. The van der Waals surface area contributed by atoms with Gasteiger partial charge in [0.2, 0.25) is 0 Å². The van der Waals surface area contributed by atoms with Gasteiger partial charge in [0, 0.05) is 12.1 Å². The fourth-order valence-electron chi connectivity index (χ4n) is 2.05. The molecule has 0 spiro atoms. The summed E-state index contributed by atoms with van der Waals surface area (Å²) in [5.41, 5.74) is 1.88. The van der Waals surface area contributed by atoms with Crippen molar-refractivity contribution in [2.75, 3.05) is 13.2 Å². The largest absolute Gasteiger partial charge is 0.484 e. The van der Waals surface area contributed by atoms with E-state index in [1.54, 1.807) is 54.6 Å². The normalized spacial score (nSPS) is 10.2. The Hall–Kier alpha value is -3.39. The molecule has 0 radical (unpaired) electrons. The van der Waals surface area contributed by atoms with Crippen molar-refractivity contribution in [3.63, 3.8) is 0 Å². The van der Waals surface area contributed by atoms with Crippen molar-refractivity contribution < 1.29 is 14.3 Å². The van der Waals surface area contributed by atoms with E-state index < -0.39 is 0 Å². The molecule has 2 aromatic rings. The fraction of sp³-hybridized carbons (Fsp3) is 0.150. The van der Waals surface area contributed by atoms with E-state index in [9.17, 15) is 9.59 Å². The smallest absolute Gasteiger partial charge is 0.257 e. The van der Waals surface area contributed by atoms with Gasteiger partial charge in [0.05, 0.1) is 11.6 Å². The predicted molar refractivity (Wildman–Crippen MR) is 95.1 cm³/mol. The van der Waals surface area contributed by atoms with Gasteiger partial charge < -0.3 is 10.1 Å². The Balaban J connectivity index is 1.93. The van der Waals surface area contributed by atoms with Gasteiger partial charge in [-0.25, -0.2) is 0 Å². The second kappa shape index (κ2) is 9.04. The van der Waals surface area contributed by atoms with Crippen LogP contribution in [0.15, 0.2) is 54.6 Å². The number of ketones is 1. The number of hydrogen-bond donors (Lipinski definition) is 1. The number of carbonyl (C=O) groups is 2. The second-order valence-corrected chi connectivity index (χ2v) is 5.20. The Morgan fingerprint density at radius 1 is 1.12 bits per heavy atom. The molecule has 25 heavy (non-hydrogen) atoms. The van der Waals surface area contributed by atoms with Crippen molar-refractivity contribution in [1.29, 1.82) is 5.26 Å². The monoisotopic (exact) mass is 334 g/mol. The standard InChI is InChI=1S/C20H18N2O3/c1-2-22-20(24)14-25-18-10-5-15(6-11-18)7-12-19(23)17-8-3-16(13-21)4-9-17/h3-12H,2,14H2,1H3,(H,22,24)/b12-7+. The van der Waals surface area contributed by atoms with E-state index in [2.05, 4.69) is 5.32 Å². The van der Waals surface area contributed by atoms with E-state index in [4.69, 9.17) is 10.00 Å². The van der Waals surface area contributed by atoms with Crippen LogP contribution in [0, 0.1) is 11.3 Å². The highest BCUT2D eigenvalue weighted by atomic mass is 16.5. The van der Waals surface area contributed by atoms with Crippen LogP contribution in [0.1, 0.15) is 28.4 Å². The van der Waals surface area contributed by atoms with Crippen LogP contribution in [-0.4, -0.2) is 24.8 Å². The fourth-order valence-corrected chi connectivity index (χ4v) is 2.05. The van der Waals surface area contributed by atoms with Crippen LogP contribution in [0.3, 0.4) is 0 Å². The number of allylic oxidation sites excluding steroid dienone is 1. The number of hydrogen-bond acceptors (Lipinski definition) is 4. The number of likely N-dealkylation sites (N-methyl/N-ethyl adjacent to an activating group) is 1. The molecule has 0 bridgehead atoms. The lowest BCUT2D eigenvalue weighted by atomic mass is 10.1. The minimum Gasteiger partial charge on any atom is -0.484 e. The van der Waals surface area contributed by atoms with Crippen LogP contribution in [0.5, 0.6) is 5.75 Å². The van der Waals surface area contributed by atoms with E-state index >= 15 is 0 Å². The van der Waals surface area contributed by atoms with Gasteiger partial charge in [-0.1, -0.05) is 18.2 Å². The quantitative estimate of drug-likeness (QED) is 0.623. The molecule has 0 aromatic heterocycles. The lowest BCUT2D eigenvalue weighted by Crippen LogP contribution is -2.28. The minimum absolute atomic E-state index is 0.0276. The average molecular weight is 334 g/mol. The molecule has 126 valence electrons. The Morgan fingerprint density at radius 2 is 1.80 bits per heavy atom. The molecule has 0 unspecified atom stereocenters. The Bertz CT molecular complexity index is 800. The van der Waals surface area contributed by atoms with Crippen molar-refractivity contribution in [3.05, 3.63) is 71.3 Å². The molecule has 2 aromatic carbocycles. The highest BCUT2D eigenvalue weighted by Gasteiger charge is 2.03. The molecular formula is C20H18N2O3. The molecule has 0 fully saturated rings. The highest BCUT2D eigenvalue weighted by molar-refractivity contribution is 6.06. The topological polar surface area (TPSA) is 79.2 Å². The number of amides is 1. The molecule has 1 N–H and O–H groups in total. The lowest BCUT2D eigenvalue weighted by molar-refractivity contribution is -0.122. The minimum atomic E-state index is -0.167. The summed E-state index contributed by atoms with van der Waals surface area (Å²) in [5.74, 6) is 0.280. The lowest BCUT2D eigenvalue weighted by Gasteiger charge is -2.06. The van der Waals surface area contributed by atoms with Crippen LogP contribution < -0.4 is 10.1 Å². The summed E-state index contributed by atoms with van der Waals surface area (Å²) in [5, 5.41) is 11.4. The molecule has 1 amide bonds. The van der Waals surface area contributed by atoms with Crippen LogP contribution in [0.25, 0.3) is 6.08 Å². The molecule has 0 saturated heterocycles. The number of nitrogens with one attached hydrogen (secondary N) is 1. The number of nitriles is 1. The van der Waals surface area contributed by atoms with Crippen LogP contribution >= 0.6 is 0 Å². The zero-order valence-corrected chi connectivity index (χ0v) is 13.9. The first-order valence-corrected chi connectivity index (χ1v) is 7.84. The van der Waals surface area contributed by atoms with Gasteiger partial charge in [-0.2, -0.15) is 5.26 Å². The molecule has 0 aliphatic carbocycles. The van der Waals surface area contributed by atoms with Crippen LogP contribution in [0.2, 0.25) is 0 Å². The van der Waals surface area contributed by atoms with Gasteiger partial charge in [-0.05, 0) is 55.0 Å². The summed E-state index contributed by atoms with van der Waals surface area (Å²) in [6, 6.07) is 15.6. The second-order valence-electron chi connectivity index (χ2n) is 5.20. The number of carbonyl (C=O) groups excluding carboxylic acids is 2. The molecular weight excluding hydrogens is 316 g/mol. The van der Waals surface area contributed by atoms with E-state index in [0.29, 0.717) is 23.4 Å². The molecule has 2 rings (SSSR count). The first kappa shape index (κ1) is 18.0. The maximum atomic E-state index is 12.1. The van der Waals surface area contributed by atoms with E-state index in [-0.39, 0.29) is 18.3 Å². The number of rotatable bonds is 7. The predicted octanol–water partition coefficient (Wildman–Crippen LogP) is 2.97. The number of benzene rings is 2. The molecule has 0 aliphatic rings. The van der Waals surface area contributed by atoms with Crippen molar-refractivity contribution >= 4 is 17.8 Å². The van der Waals surface area contributed by atoms with Crippen molar-refractivity contribution in [1.82, 2.24) is 5.32 Å². The Morgan fingerprint density at radius 3 is 2.40 bits per heavy atom. The third kappa shape index (κ3) is 5.63. The molecule has 0 heterocycles. The van der Waals surface area contributed by atoms with Crippen molar-refractivity contribution in [2.45, 2.75) is 6.92 Å².